The molecule has 1 aliphatic rings. The normalized spacial score (nSPS) is 28.3. The van der Waals surface area contributed by atoms with E-state index >= 15 is 0 Å². The van der Waals surface area contributed by atoms with Crippen molar-refractivity contribution in [3.05, 3.63) is 18.1 Å². The standard InChI is InChI=1S/C12H14N4O6/c13-9-6-4(12(20)21)1-16(10(6)15-3-14-9)11-8(19)7(18)5(2-17)22-11/h1,3,5,7-8,11,17-19H,2H2,(H,20,21)(H2,13,14,15)/t5-,7-,8-,11-/m1/s1. The Bertz CT molecular complexity index is 732. The van der Waals surface area contributed by atoms with Gasteiger partial charge in [-0.3, -0.25) is 0 Å². The summed E-state index contributed by atoms with van der Waals surface area (Å²) in [5, 5.41) is 38.4. The molecule has 0 aromatic carbocycles. The molecule has 1 saturated heterocycles. The van der Waals surface area contributed by atoms with Crippen molar-refractivity contribution >= 4 is 22.8 Å². The second-order valence-corrected chi connectivity index (χ2v) is 4.94. The zero-order chi connectivity index (χ0) is 16.0. The van der Waals surface area contributed by atoms with Crippen LogP contribution in [0.15, 0.2) is 12.5 Å². The molecule has 4 atom stereocenters. The number of aromatic carboxylic acids is 1. The first-order chi connectivity index (χ1) is 10.5. The molecule has 0 saturated carbocycles. The Morgan fingerprint density at radius 3 is 2.68 bits per heavy atom. The van der Waals surface area contributed by atoms with E-state index in [4.69, 9.17) is 15.6 Å². The molecule has 22 heavy (non-hydrogen) atoms. The zero-order valence-corrected chi connectivity index (χ0v) is 11.2. The van der Waals surface area contributed by atoms with Crippen LogP contribution in [0.2, 0.25) is 0 Å². The molecule has 0 radical (unpaired) electrons. The molecule has 2 aromatic rings. The summed E-state index contributed by atoms with van der Waals surface area (Å²) in [4.78, 5) is 19.1. The average molecular weight is 310 g/mol. The molecule has 0 unspecified atom stereocenters. The second-order valence-electron chi connectivity index (χ2n) is 4.94. The molecule has 0 bridgehead atoms. The molecule has 1 fully saturated rings. The van der Waals surface area contributed by atoms with Crippen LogP contribution in [0.1, 0.15) is 16.6 Å². The highest BCUT2D eigenvalue weighted by Gasteiger charge is 2.44. The number of hydrogen-bond acceptors (Lipinski definition) is 8. The Morgan fingerprint density at radius 1 is 1.36 bits per heavy atom. The van der Waals surface area contributed by atoms with Gasteiger partial charge >= 0.3 is 5.97 Å². The lowest BCUT2D eigenvalue weighted by molar-refractivity contribution is -0.0509. The molecule has 0 aliphatic carbocycles. The number of aromatic nitrogens is 3. The SMILES string of the molecule is Nc1ncnc2c1c(C(=O)O)cn2[C@@H]1O[C@H](CO)[C@@H](O)[C@H]1O. The van der Waals surface area contributed by atoms with E-state index in [1.165, 1.54) is 10.8 Å². The number of rotatable bonds is 3. The summed E-state index contributed by atoms with van der Waals surface area (Å²) in [5.74, 6) is -1.26. The van der Waals surface area contributed by atoms with Gasteiger partial charge in [0.05, 0.1) is 17.6 Å². The lowest BCUT2D eigenvalue weighted by atomic mass is 10.1. The van der Waals surface area contributed by atoms with E-state index in [1.54, 1.807) is 0 Å². The molecular formula is C12H14N4O6. The highest BCUT2D eigenvalue weighted by Crippen LogP contribution is 2.34. The number of nitrogen functional groups attached to an aromatic ring is 1. The zero-order valence-electron chi connectivity index (χ0n) is 11.2. The van der Waals surface area contributed by atoms with Crippen molar-refractivity contribution in [2.24, 2.45) is 0 Å². The predicted molar refractivity (Wildman–Crippen MR) is 71.9 cm³/mol. The highest BCUT2D eigenvalue weighted by atomic mass is 16.6. The molecule has 1 aliphatic heterocycles. The number of aliphatic hydroxyl groups is 3. The summed E-state index contributed by atoms with van der Waals surface area (Å²) in [5.41, 5.74) is 5.71. The largest absolute Gasteiger partial charge is 0.478 e. The van der Waals surface area contributed by atoms with Crippen LogP contribution in [0.5, 0.6) is 0 Å². The second kappa shape index (κ2) is 5.18. The van der Waals surface area contributed by atoms with E-state index in [0.717, 1.165) is 6.33 Å². The average Bonchev–Trinajstić information content (AvgIpc) is 3.00. The first-order valence-electron chi connectivity index (χ1n) is 6.42. The van der Waals surface area contributed by atoms with Gasteiger partial charge in [0, 0.05) is 6.20 Å². The monoisotopic (exact) mass is 310 g/mol. The molecular weight excluding hydrogens is 296 g/mol. The van der Waals surface area contributed by atoms with Crippen molar-refractivity contribution in [3.63, 3.8) is 0 Å². The van der Waals surface area contributed by atoms with Crippen molar-refractivity contribution in [2.75, 3.05) is 12.3 Å². The molecule has 10 heteroatoms. The summed E-state index contributed by atoms with van der Waals surface area (Å²) in [6, 6.07) is 0. The van der Waals surface area contributed by atoms with Gasteiger partial charge in [-0.2, -0.15) is 0 Å². The molecule has 2 aromatic heterocycles. The minimum Gasteiger partial charge on any atom is -0.478 e. The minimum absolute atomic E-state index is 0.0205. The number of nitrogens with two attached hydrogens (primary N) is 1. The Balaban J connectivity index is 2.16. The van der Waals surface area contributed by atoms with Gasteiger partial charge < -0.3 is 35.5 Å². The third-order valence-electron chi connectivity index (χ3n) is 3.66. The summed E-state index contributed by atoms with van der Waals surface area (Å²) >= 11 is 0. The third-order valence-corrected chi connectivity index (χ3v) is 3.66. The van der Waals surface area contributed by atoms with Gasteiger partial charge in [0.15, 0.2) is 6.23 Å². The van der Waals surface area contributed by atoms with E-state index in [1.807, 2.05) is 0 Å². The van der Waals surface area contributed by atoms with Gasteiger partial charge in [0.2, 0.25) is 0 Å². The van der Waals surface area contributed by atoms with Crippen molar-refractivity contribution in [2.45, 2.75) is 24.5 Å². The van der Waals surface area contributed by atoms with Crippen molar-refractivity contribution in [1.29, 1.82) is 0 Å². The van der Waals surface area contributed by atoms with Crippen LogP contribution in [0.4, 0.5) is 5.82 Å². The smallest absolute Gasteiger partial charge is 0.338 e. The fraction of sp³-hybridized carbons (Fsp3) is 0.417. The molecule has 3 rings (SSSR count). The quantitative estimate of drug-likeness (QED) is 0.445. The van der Waals surface area contributed by atoms with Crippen LogP contribution < -0.4 is 5.73 Å². The predicted octanol–water partition coefficient (Wildman–Crippen LogP) is -1.68. The molecule has 0 amide bonds. The summed E-state index contributed by atoms with van der Waals surface area (Å²) in [6.45, 7) is -0.489. The minimum atomic E-state index is -1.36. The van der Waals surface area contributed by atoms with Crippen molar-refractivity contribution in [3.8, 4) is 0 Å². The van der Waals surface area contributed by atoms with Crippen LogP contribution in [-0.4, -0.2) is 65.8 Å². The van der Waals surface area contributed by atoms with E-state index in [2.05, 4.69) is 9.97 Å². The van der Waals surface area contributed by atoms with E-state index in [9.17, 15) is 20.1 Å². The number of carbonyl (C=O) groups is 1. The van der Waals surface area contributed by atoms with Gasteiger partial charge in [-0.1, -0.05) is 0 Å². The Hall–Kier alpha value is -2.27. The Morgan fingerprint density at radius 2 is 2.09 bits per heavy atom. The number of anilines is 1. The van der Waals surface area contributed by atoms with Gasteiger partial charge in [-0.15, -0.1) is 0 Å². The highest BCUT2D eigenvalue weighted by molar-refractivity contribution is 6.06. The summed E-state index contributed by atoms with van der Waals surface area (Å²) in [6.07, 6.45) is -2.38. The molecule has 118 valence electrons. The van der Waals surface area contributed by atoms with Crippen molar-refractivity contribution in [1.82, 2.24) is 14.5 Å². The fourth-order valence-electron chi connectivity index (χ4n) is 2.57. The number of ether oxygens (including phenoxy) is 1. The van der Waals surface area contributed by atoms with Gasteiger partial charge in [-0.05, 0) is 0 Å². The van der Waals surface area contributed by atoms with Crippen LogP contribution >= 0.6 is 0 Å². The van der Waals surface area contributed by atoms with Crippen molar-refractivity contribution < 1.29 is 30.0 Å². The lowest BCUT2D eigenvalue weighted by Gasteiger charge is -2.17. The maximum absolute atomic E-state index is 11.3. The maximum Gasteiger partial charge on any atom is 0.338 e. The van der Waals surface area contributed by atoms with E-state index in [0.29, 0.717) is 0 Å². The van der Waals surface area contributed by atoms with Gasteiger partial charge in [0.25, 0.3) is 0 Å². The van der Waals surface area contributed by atoms with Crippen LogP contribution in [0, 0.1) is 0 Å². The van der Waals surface area contributed by atoms with Gasteiger partial charge in [-0.25, -0.2) is 14.8 Å². The number of hydrogen-bond donors (Lipinski definition) is 5. The van der Waals surface area contributed by atoms with Crippen LogP contribution in [0.25, 0.3) is 11.0 Å². The first-order valence-corrected chi connectivity index (χ1v) is 6.42. The van der Waals surface area contributed by atoms with E-state index < -0.39 is 37.1 Å². The molecule has 10 nitrogen and oxygen atoms in total. The summed E-state index contributed by atoms with van der Waals surface area (Å²) in [7, 11) is 0. The van der Waals surface area contributed by atoms with E-state index in [-0.39, 0.29) is 22.4 Å². The maximum atomic E-state index is 11.3. The Labute approximate surface area is 123 Å². The lowest BCUT2D eigenvalue weighted by Crippen LogP contribution is -2.33. The molecule has 6 N–H and O–H groups in total. The van der Waals surface area contributed by atoms with Gasteiger partial charge in [0.1, 0.15) is 36.1 Å². The van der Waals surface area contributed by atoms with Crippen LogP contribution in [-0.2, 0) is 4.74 Å². The fourth-order valence-corrected chi connectivity index (χ4v) is 2.57. The Kier molecular flexibility index (Phi) is 3.45. The number of carboxylic acid groups (broad SMARTS) is 1. The number of nitrogens with zero attached hydrogens (tertiary/aromatic N) is 3. The number of fused-ring (bicyclic) bond motifs is 1. The topological polar surface area (TPSA) is 164 Å². The summed E-state index contributed by atoms with van der Waals surface area (Å²) < 4.78 is 6.65. The van der Waals surface area contributed by atoms with Crippen LogP contribution in [0.3, 0.4) is 0 Å². The number of aliphatic hydroxyl groups excluding tert-OH is 3. The molecule has 0 spiro atoms. The third kappa shape index (κ3) is 2.01. The molecule has 3 heterocycles. The first kappa shape index (κ1) is 14.7. The number of carboxylic acids is 1.